The van der Waals surface area contributed by atoms with Crippen LogP contribution >= 0.6 is 0 Å². The van der Waals surface area contributed by atoms with Crippen molar-refractivity contribution in [1.29, 1.82) is 0 Å². The third-order valence-corrected chi connectivity index (χ3v) is 6.82. The molecule has 18 heteroatoms. The summed E-state index contributed by atoms with van der Waals surface area (Å²) in [6, 6.07) is 2.34. The Bertz CT molecular complexity index is 1450. The van der Waals surface area contributed by atoms with Crippen LogP contribution in [0.4, 0.5) is 0 Å². The van der Waals surface area contributed by atoms with Gasteiger partial charge in [0.05, 0.1) is 0 Å². The number of carbonyl (C=O) groups is 4. The summed E-state index contributed by atoms with van der Waals surface area (Å²) in [5.74, 6) is -6.70. The van der Waals surface area contributed by atoms with Crippen molar-refractivity contribution >= 4 is 106 Å². The summed E-state index contributed by atoms with van der Waals surface area (Å²) in [6.45, 7) is 0. The van der Waals surface area contributed by atoms with Crippen LogP contribution in [0.3, 0.4) is 0 Å². The van der Waals surface area contributed by atoms with Gasteiger partial charge < -0.3 is 0 Å². The number of benzene rings is 2. The van der Waals surface area contributed by atoms with Gasteiger partial charge in [0.2, 0.25) is 0 Å². The van der Waals surface area contributed by atoms with E-state index in [1.807, 2.05) is 0 Å². The molecule has 2 aromatic rings. The van der Waals surface area contributed by atoms with Crippen LogP contribution in [0.1, 0.15) is 42.8 Å². The second-order valence-corrected chi connectivity index (χ2v) is 11.4. The third-order valence-electron chi connectivity index (χ3n) is 3.81. The Morgan fingerprint density at radius 1 is 0.618 bits per heavy atom. The molecule has 2 aromatic carbocycles. The molecule has 0 bridgehead atoms. The van der Waals surface area contributed by atoms with Crippen LogP contribution in [0.15, 0.2) is 34.0 Å². The van der Waals surface area contributed by atoms with Gasteiger partial charge >= 0.3 is 229 Å². The molecule has 14 nitrogen and oxygen atoms in total. The molecular weight excluding hydrogens is 526 g/mol. The molecule has 0 aliphatic heterocycles. The van der Waals surface area contributed by atoms with E-state index in [1.165, 1.54) is 0 Å². The first-order valence-corrected chi connectivity index (χ1v) is 13.3. The normalized spacial score (nSPS) is 11.6. The Morgan fingerprint density at radius 2 is 0.882 bits per heavy atom. The molecule has 0 atom stereocenters. The minimum absolute atomic E-state index is 0.109. The fourth-order valence-corrected chi connectivity index (χ4v) is 5.44. The monoisotopic (exact) mass is 537 g/mol. The second-order valence-electron chi connectivity index (χ2n) is 6.43. The summed E-state index contributed by atoms with van der Waals surface area (Å²) in [5.41, 5.74) is -3.35. The van der Waals surface area contributed by atoms with Crippen molar-refractivity contribution in [3.05, 3.63) is 46.5 Å². The van der Waals surface area contributed by atoms with E-state index in [4.69, 9.17) is 30.9 Å². The molecule has 0 saturated heterocycles. The zero-order valence-electron chi connectivity index (χ0n) is 18.0. The molecule has 0 aliphatic carbocycles. The predicted octanol–water partition coefficient (Wildman–Crippen LogP) is -1.75. The Hall–Kier alpha value is -1.86. The van der Waals surface area contributed by atoms with Gasteiger partial charge in [0.1, 0.15) is 0 Å². The molecule has 0 aliphatic rings. The summed E-state index contributed by atoms with van der Waals surface area (Å²) in [6.07, 6.45) is 0. The van der Waals surface area contributed by atoms with Crippen LogP contribution in [0.25, 0.3) is 0 Å². The van der Waals surface area contributed by atoms with Crippen LogP contribution in [-0.2, 0) is 20.2 Å². The van der Waals surface area contributed by atoms with Gasteiger partial charge in [-0.2, -0.15) is 0 Å². The Kier molecular flexibility index (Phi) is 9.39. The Labute approximate surface area is 227 Å². The minimum atomic E-state index is -5.06. The van der Waals surface area contributed by atoms with E-state index < -0.39 is 82.2 Å². The fourth-order valence-electron chi connectivity index (χ4n) is 2.65. The van der Waals surface area contributed by atoms with Crippen molar-refractivity contribution in [3.63, 3.8) is 0 Å². The first-order valence-electron chi connectivity index (χ1n) is 8.88. The maximum atomic E-state index is 11.1. The van der Waals surface area contributed by atoms with E-state index in [-0.39, 0.29) is 30.7 Å². The van der Waals surface area contributed by atoms with E-state index in [2.05, 4.69) is 0 Å². The summed E-state index contributed by atoms with van der Waals surface area (Å²) >= 11 is 0.503. The molecule has 0 radical (unpaired) electrons. The van der Waals surface area contributed by atoms with Crippen molar-refractivity contribution in [1.82, 2.24) is 0 Å². The van der Waals surface area contributed by atoms with E-state index in [1.54, 1.807) is 0 Å². The third kappa shape index (κ3) is 7.57. The summed E-state index contributed by atoms with van der Waals surface area (Å²) < 4.78 is 70.1. The van der Waals surface area contributed by atoms with Gasteiger partial charge in [-0.1, -0.05) is 0 Å². The molecule has 0 fully saturated rings. The topological polar surface area (TPSA) is 258 Å². The maximum absolute atomic E-state index is 11.1. The van der Waals surface area contributed by atoms with Gasteiger partial charge in [-0.3, -0.25) is 0 Å². The van der Waals surface area contributed by atoms with Gasteiger partial charge in [0.15, 0.2) is 0 Å². The average Bonchev–Trinajstić information content (AvgIpc) is 2.66. The number of rotatable bonds is 6. The molecule has 0 amide bonds. The van der Waals surface area contributed by atoms with Crippen LogP contribution in [0, 0.1) is 0 Å². The molecule has 6 N–H and O–H groups in total. The SMILES string of the molecule is O=C(O)c1c[c]([Na])cc(C(=O)O)c1S(=O)(=O)O.[2H]c1[c]([Na])cc(C(=O)O)c(S(=O)(=O)O)c1C(=O)O. The Morgan fingerprint density at radius 3 is 1.15 bits per heavy atom. The van der Waals surface area contributed by atoms with Crippen molar-refractivity contribution in [2.24, 2.45) is 0 Å². The van der Waals surface area contributed by atoms with Crippen LogP contribution in [-0.4, -0.2) is 126 Å². The van der Waals surface area contributed by atoms with Crippen LogP contribution in [0.2, 0.25) is 0 Å². The van der Waals surface area contributed by atoms with Crippen molar-refractivity contribution < 1.29 is 66.9 Å². The zero-order valence-corrected chi connectivity index (χ0v) is 22.6. The van der Waals surface area contributed by atoms with Gasteiger partial charge in [0, 0.05) is 0 Å². The Balaban J connectivity index is 0.000000351. The van der Waals surface area contributed by atoms with Gasteiger partial charge in [-0.05, 0) is 0 Å². The molecule has 172 valence electrons. The summed E-state index contributed by atoms with van der Waals surface area (Å²) in [7, 11) is -9.98. The van der Waals surface area contributed by atoms with E-state index in [9.17, 15) is 36.0 Å². The van der Waals surface area contributed by atoms with Gasteiger partial charge in [0.25, 0.3) is 0 Å². The number of carboxylic acid groups (broad SMARTS) is 4. The van der Waals surface area contributed by atoms with E-state index in [0.29, 0.717) is 30.7 Å². The van der Waals surface area contributed by atoms with Crippen molar-refractivity contribution in [2.75, 3.05) is 0 Å². The quantitative estimate of drug-likeness (QED) is 0.176. The molecule has 34 heavy (non-hydrogen) atoms. The average molecular weight is 537 g/mol. The number of carboxylic acids is 4. The van der Waals surface area contributed by atoms with Gasteiger partial charge in [-0.25, -0.2) is 0 Å². The van der Waals surface area contributed by atoms with Crippen molar-refractivity contribution in [2.45, 2.75) is 9.79 Å². The van der Waals surface area contributed by atoms with E-state index >= 15 is 0 Å². The number of hydrogen-bond acceptors (Lipinski definition) is 8. The van der Waals surface area contributed by atoms with E-state index in [0.717, 1.165) is 18.2 Å². The number of hydrogen-bond donors (Lipinski definition) is 6. The molecule has 0 saturated carbocycles. The summed E-state index contributed by atoms with van der Waals surface area (Å²) in [4.78, 5) is 41.2. The molecule has 0 aromatic heterocycles. The van der Waals surface area contributed by atoms with Crippen LogP contribution in [0.5, 0.6) is 0 Å². The number of aromatic carboxylic acids is 4. The van der Waals surface area contributed by atoms with Crippen molar-refractivity contribution in [3.8, 4) is 0 Å². The summed E-state index contributed by atoms with van der Waals surface area (Å²) in [5, 5.41) is 35.3. The van der Waals surface area contributed by atoms with Gasteiger partial charge in [-0.15, -0.1) is 0 Å². The molecule has 2 rings (SSSR count). The fraction of sp³-hybridized carbons (Fsp3) is 0. The first kappa shape index (κ1) is 28.4. The standard InChI is InChI=1S/2C8H5O7S.2Na/c2*9-7(10)4-2-1-3-5(8(11)12)6(4)16(13,14)15;;/h2*2-3H,(H,9,10)(H,11,12)(H,13,14,15);;/i2D;;;. The molecule has 0 unspecified atom stereocenters. The molecule has 0 spiro atoms. The second kappa shape index (κ2) is 11.3. The predicted molar refractivity (Wildman–Crippen MR) is 111 cm³/mol. The molecule has 0 heterocycles. The first-order chi connectivity index (χ1) is 15.7. The molecular formula is C16H10Na2O14S2. The zero-order chi connectivity index (χ0) is 27.6. The van der Waals surface area contributed by atoms with Crippen LogP contribution < -0.4 is 5.63 Å².